The summed E-state index contributed by atoms with van der Waals surface area (Å²) in [6, 6.07) is 9.53. The Kier molecular flexibility index (Phi) is 7.50. The molecule has 9 heteroatoms. The molecule has 0 bridgehead atoms. The Balaban J connectivity index is 1.14. The molecule has 2 saturated carbocycles. The average Bonchev–Trinajstić information content (AvgIpc) is 3.77. The van der Waals surface area contributed by atoms with Crippen LogP contribution in [0.3, 0.4) is 0 Å². The normalized spacial score (nSPS) is 25.7. The van der Waals surface area contributed by atoms with Gasteiger partial charge >= 0.3 is 11.7 Å². The van der Waals surface area contributed by atoms with Crippen LogP contribution in [0.1, 0.15) is 56.1 Å². The summed E-state index contributed by atoms with van der Waals surface area (Å²) < 4.78 is 1.57. The first-order chi connectivity index (χ1) is 18.5. The first-order valence-corrected chi connectivity index (χ1v) is 14.5. The molecule has 2 heterocycles. The van der Waals surface area contributed by atoms with Crippen LogP contribution in [0.5, 0.6) is 0 Å². The number of piperazine rings is 1. The molecule has 0 spiro atoms. The maximum absolute atomic E-state index is 12.9. The van der Waals surface area contributed by atoms with E-state index >= 15 is 0 Å². The largest absolute Gasteiger partial charge is 0.354 e. The van der Waals surface area contributed by atoms with E-state index in [1.807, 2.05) is 6.07 Å². The van der Waals surface area contributed by atoms with E-state index in [4.69, 9.17) is 5.73 Å². The van der Waals surface area contributed by atoms with Crippen molar-refractivity contribution in [3.63, 3.8) is 0 Å². The van der Waals surface area contributed by atoms with Gasteiger partial charge in [-0.1, -0.05) is 6.07 Å². The van der Waals surface area contributed by atoms with Gasteiger partial charge in [-0.15, -0.1) is 0 Å². The van der Waals surface area contributed by atoms with Crippen LogP contribution in [0, 0.1) is 5.92 Å². The summed E-state index contributed by atoms with van der Waals surface area (Å²) in [5.74, 6) is 1.17. The number of hydrogen-bond donors (Lipinski definition) is 3. The number of rotatable bonds is 6. The van der Waals surface area contributed by atoms with Crippen LogP contribution < -0.4 is 22.1 Å². The molecule has 9 nitrogen and oxygen atoms in total. The molecule has 1 unspecified atom stereocenters. The van der Waals surface area contributed by atoms with E-state index in [1.54, 1.807) is 21.7 Å². The lowest BCUT2D eigenvalue weighted by atomic mass is 9.84. The fourth-order valence-electron chi connectivity index (χ4n) is 6.51. The zero-order valence-electron chi connectivity index (χ0n) is 22.3. The molecule has 204 valence electrons. The van der Waals surface area contributed by atoms with Gasteiger partial charge in [0.25, 0.3) is 0 Å². The van der Waals surface area contributed by atoms with Crippen molar-refractivity contribution in [3.8, 4) is 5.69 Å². The van der Waals surface area contributed by atoms with Crippen LogP contribution in [0.2, 0.25) is 0 Å². The lowest BCUT2D eigenvalue weighted by molar-refractivity contribution is 0.0855. The minimum Gasteiger partial charge on any atom is -0.328 e. The number of aryl methyl sites for hydroxylation is 1. The number of fused-ring (bicyclic) bond motifs is 1. The van der Waals surface area contributed by atoms with Crippen LogP contribution in [0.4, 0.5) is 10.6 Å². The van der Waals surface area contributed by atoms with Gasteiger partial charge in [-0.2, -0.15) is 4.98 Å². The molecule has 6 rings (SSSR count). The highest BCUT2D eigenvalue weighted by Crippen LogP contribution is 2.36. The summed E-state index contributed by atoms with van der Waals surface area (Å²) in [7, 11) is 0. The molecule has 1 aliphatic heterocycles. The number of urea groups is 1. The molecule has 4 aliphatic rings. The summed E-state index contributed by atoms with van der Waals surface area (Å²) in [6.45, 7) is 4.08. The van der Waals surface area contributed by atoms with Gasteiger partial charge in [-0.3, -0.25) is 14.8 Å². The van der Waals surface area contributed by atoms with Crippen molar-refractivity contribution >= 4 is 11.8 Å². The molecule has 2 aromatic rings. The zero-order chi connectivity index (χ0) is 26.1. The van der Waals surface area contributed by atoms with Gasteiger partial charge in [0, 0.05) is 57.0 Å². The molecule has 1 saturated heterocycles. The topological polar surface area (TPSA) is 109 Å². The Morgan fingerprint density at radius 2 is 1.82 bits per heavy atom. The Labute approximate surface area is 224 Å². The van der Waals surface area contributed by atoms with Crippen LogP contribution >= 0.6 is 0 Å². The molecular formula is C29H41N7O2. The van der Waals surface area contributed by atoms with Gasteiger partial charge in [0.05, 0.1) is 5.69 Å². The van der Waals surface area contributed by atoms with E-state index in [1.165, 1.54) is 43.4 Å². The molecule has 38 heavy (non-hydrogen) atoms. The lowest BCUT2D eigenvalue weighted by Gasteiger charge is -2.43. The van der Waals surface area contributed by atoms with Crippen molar-refractivity contribution in [3.05, 3.63) is 52.1 Å². The van der Waals surface area contributed by atoms with Gasteiger partial charge in [0.2, 0.25) is 0 Å². The summed E-state index contributed by atoms with van der Waals surface area (Å²) in [5.41, 5.74) is 9.39. The monoisotopic (exact) mass is 519 g/mol. The van der Waals surface area contributed by atoms with Crippen molar-refractivity contribution < 1.29 is 4.79 Å². The number of benzene rings is 1. The highest BCUT2D eigenvalue weighted by atomic mass is 16.2. The molecule has 3 aliphatic carbocycles. The van der Waals surface area contributed by atoms with E-state index in [0.29, 0.717) is 31.2 Å². The second-order valence-corrected chi connectivity index (χ2v) is 11.7. The number of nitrogens with two attached hydrogens (primary N) is 1. The number of carbonyl (C=O) groups is 1. The molecule has 3 fully saturated rings. The van der Waals surface area contributed by atoms with Crippen LogP contribution in [0.25, 0.3) is 5.69 Å². The number of nitrogens with one attached hydrogen (secondary N) is 2. The Morgan fingerprint density at radius 3 is 2.55 bits per heavy atom. The summed E-state index contributed by atoms with van der Waals surface area (Å²) in [5, 5.41) is 5.99. The second-order valence-electron chi connectivity index (χ2n) is 11.7. The number of anilines is 1. The minimum absolute atomic E-state index is 0.216. The number of nitrogens with zero attached hydrogens (tertiary/aromatic N) is 4. The van der Waals surface area contributed by atoms with Crippen LogP contribution in [0.15, 0.2) is 35.3 Å². The van der Waals surface area contributed by atoms with Crippen molar-refractivity contribution in [1.82, 2.24) is 24.7 Å². The van der Waals surface area contributed by atoms with Gasteiger partial charge in [0.15, 0.2) is 0 Å². The second kappa shape index (κ2) is 11.2. The van der Waals surface area contributed by atoms with Crippen molar-refractivity contribution in [2.45, 2.75) is 75.9 Å². The zero-order valence-corrected chi connectivity index (χ0v) is 22.3. The Morgan fingerprint density at radius 1 is 1.03 bits per heavy atom. The van der Waals surface area contributed by atoms with Gasteiger partial charge in [-0.05, 0) is 93.0 Å². The van der Waals surface area contributed by atoms with E-state index in [0.717, 1.165) is 56.8 Å². The quantitative estimate of drug-likeness (QED) is 0.541. The third-order valence-electron chi connectivity index (χ3n) is 8.96. The standard InChI is InChI=1S/C29H41N7O2/c30-23-5-9-24(10-6-23)36(19-20-1-2-20)26-8-4-21-17-25(7-3-22(21)18-26)35-14-11-27(33-29(35)38)32-28(37)34-15-12-31-13-16-34/h3,7,11,14,17,20,23-24,26,31H,1-2,4-6,8-10,12-13,15-16,18-19,30H2,(H,32,33,37,38). The number of aromatic nitrogens is 2. The van der Waals surface area contributed by atoms with Gasteiger partial charge in [0.1, 0.15) is 5.82 Å². The van der Waals surface area contributed by atoms with Gasteiger partial charge in [-0.25, -0.2) is 9.59 Å². The summed E-state index contributed by atoms with van der Waals surface area (Å²) >= 11 is 0. The molecule has 4 N–H and O–H groups in total. The fraction of sp³-hybridized carbons (Fsp3) is 0.621. The molecule has 2 amide bonds. The predicted octanol–water partition coefficient (Wildman–Crippen LogP) is 2.51. The average molecular weight is 520 g/mol. The van der Waals surface area contributed by atoms with Crippen molar-refractivity contribution in [2.75, 3.05) is 38.0 Å². The Bertz CT molecular complexity index is 1200. The molecular weight excluding hydrogens is 478 g/mol. The summed E-state index contributed by atoms with van der Waals surface area (Å²) in [6.07, 6.45) is 12.5. The SMILES string of the molecule is NC1CCC(N(CC2CC2)C2CCc3cc(-n4ccc(NC(=O)N5CCNCC5)nc4=O)ccc3C2)CC1. The first kappa shape index (κ1) is 25.5. The Hall–Kier alpha value is -2.75. The van der Waals surface area contributed by atoms with E-state index in [9.17, 15) is 9.59 Å². The highest BCUT2D eigenvalue weighted by Gasteiger charge is 2.35. The fourth-order valence-corrected chi connectivity index (χ4v) is 6.51. The van der Waals surface area contributed by atoms with E-state index in [2.05, 4.69) is 32.7 Å². The van der Waals surface area contributed by atoms with E-state index < -0.39 is 0 Å². The van der Waals surface area contributed by atoms with E-state index in [-0.39, 0.29) is 17.5 Å². The lowest BCUT2D eigenvalue weighted by Crippen LogP contribution is -2.49. The third kappa shape index (κ3) is 5.80. The van der Waals surface area contributed by atoms with Crippen molar-refractivity contribution in [2.24, 2.45) is 11.7 Å². The predicted molar refractivity (Wildman–Crippen MR) is 149 cm³/mol. The number of carbonyl (C=O) groups excluding carboxylic acids is 1. The minimum atomic E-state index is -0.386. The first-order valence-electron chi connectivity index (χ1n) is 14.5. The maximum Gasteiger partial charge on any atom is 0.354 e. The maximum atomic E-state index is 12.9. The number of amides is 2. The molecule has 1 aromatic carbocycles. The number of hydrogen-bond acceptors (Lipinski definition) is 6. The highest BCUT2D eigenvalue weighted by molar-refractivity contribution is 5.88. The van der Waals surface area contributed by atoms with Crippen LogP contribution in [-0.4, -0.2) is 76.2 Å². The smallest absolute Gasteiger partial charge is 0.328 e. The molecule has 0 radical (unpaired) electrons. The van der Waals surface area contributed by atoms with Gasteiger partial charge < -0.3 is 16.0 Å². The molecule has 1 aromatic heterocycles. The van der Waals surface area contributed by atoms with Crippen molar-refractivity contribution in [1.29, 1.82) is 0 Å². The van der Waals surface area contributed by atoms with Crippen LogP contribution in [-0.2, 0) is 12.8 Å². The summed E-state index contributed by atoms with van der Waals surface area (Å²) in [4.78, 5) is 34.1. The molecule has 1 atom stereocenters. The third-order valence-corrected chi connectivity index (χ3v) is 8.96.